The summed E-state index contributed by atoms with van der Waals surface area (Å²) in [6.07, 6.45) is 6.43. The van der Waals surface area contributed by atoms with E-state index in [2.05, 4.69) is 53.6 Å². The topological polar surface area (TPSA) is 24.9 Å². The Bertz CT molecular complexity index is 532. The smallest absolute Gasteiger partial charge is 0.0296 e. The van der Waals surface area contributed by atoms with Crippen LogP contribution in [0.2, 0.25) is 0 Å². The average molecular weight is 252 g/mol. The SMILES string of the molecule is C[C@@H](NCc1cccc(C2CC2)c1)c1ccncc1. The molecule has 0 aliphatic heterocycles. The summed E-state index contributed by atoms with van der Waals surface area (Å²) in [6.45, 7) is 3.12. The second-order valence-electron chi connectivity index (χ2n) is 5.40. The summed E-state index contributed by atoms with van der Waals surface area (Å²) in [7, 11) is 0. The molecule has 1 aliphatic rings. The van der Waals surface area contributed by atoms with Crippen LogP contribution in [0.1, 0.15) is 48.4 Å². The Balaban J connectivity index is 1.61. The molecule has 98 valence electrons. The van der Waals surface area contributed by atoms with E-state index in [1.54, 1.807) is 0 Å². The van der Waals surface area contributed by atoms with Gasteiger partial charge in [0.15, 0.2) is 0 Å². The van der Waals surface area contributed by atoms with Crippen molar-refractivity contribution >= 4 is 0 Å². The molecule has 0 bridgehead atoms. The monoisotopic (exact) mass is 252 g/mol. The minimum absolute atomic E-state index is 0.354. The van der Waals surface area contributed by atoms with Gasteiger partial charge in [0.2, 0.25) is 0 Å². The lowest BCUT2D eigenvalue weighted by molar-refractivity contribution is 0.574. The second kappa shape index (κ2) is 5.54. The van der Waals surface area contributed by atoms with E-state index in [4.69, 9.17) is 0 Å². The van der Waals surface area contributed by atoms with Gasteiger partial charge in [0.1, 0.15) is 0 Å². The maximum absolute atomic E-state index is 4.06. The van der Waals surface area contributed by atoms with Gasteiger partial charge in [0.25, 0.3) is 0 Å². The van der Waals surface area contributed by atoms with Gasteiger partial charge in [-0.3, -0.25) is 4.98 Å². The lowest BCUT2D eigenvalue weighted by Crippen LogP contribution is -2.18. The van der Waals surface area contributed by atoms with Crippen LogP contribution in [-0.2, 0) is 6.54 Å². The number of hydrogen-bond acceptors (Lipinski definition) is 2. The normalized spacial score (nSPS) is 16.3. The highest BCUT2D eigenvalue weighted by Crippen LogP contribution is 2.40. The van der Waals surface area contributed by atoms with Crippen LogP contribution in [0.15, 0.2) is 48.8 Å². The molecule has 1 N–H and O–H groups in total. The molecule has 0 amide bonds. The molecule has 1 heterocycles. The highest BCUT2D eigenvalue weighted by molar-refractivity contribution is 5.29. The van der Waals surface area contributed by atoms with Crippen LogP contribution in [0.4, 0.5) is 0 Å². The fourth-order valence-corrected chi connectivity index (χ4v) is 2.41. The third-order valence-electron chi connectivity index (χ3n) is 3.82. The van der Waals surface area contributed by atoms with Crippen molar-refractivity contribution in [3.05, 3.63) is 65.5 Å². The van der Waals surface area contributed by atoms with E-state index >= 15 is 0 Å². The van der Waals surface area contributed by atoms with Gasteiger partial charge in [0, 0.05) is 25.0 Å². The van der Waals surface area contributed by atoms with E-state index in [9.17, 15) is 0 Å². The fraction of sp³-hybridized carbons (Fsp3) is 0.353. The summed E-state index contributed by atoms with van der Waals surface area (Å²) in [5.74, 6) is 0.831. The van der Waals surface area contributed by atoms with Crippen molar-refractivity contribution in [2.75, 3.05) is 0 Å². The Kier molecular flexibility index (Phi) is 3.60. The van der Waals surface area contributed by atoms with Crippen molar-refractivity contribution in [3.63, 3.8) is 0 Å². The molecule has 0 unspecified atom stereocenters. The molecule has 1 aromatic heterocycles. The van der Waals surface area contributed by atoms with Crippen molar-refractivity contribution in [1.29, 1.82) is 0 Å². The molecule has 0 radical (unpaired) electrons. The summed E-state index contributed by atoms with van der Waals surface area (Å²) >= 11 is 0. The minimum Gasteiger partial charge on any atom is -0.306 e. The number of nitrogens with one attached hydrogen (secondary N) is 1. The Hall–Kier alpha value is -1.67. The molecule has 1 fully saturated rings. The predicted molar refractivity (Wildman–Crippen MR) is 77.9 cm³/mol. The first kappa shape index (κ1) is 12.4. The highest BCUT2D eigenvalue weighted by atomic mass is 14.9. The van der Waals surface area contributed by atoms with Crippen LogP contribution < -0.4 is 5.32 Å². The zero-order valence-electron chi connectivity index (χ0n) is 11.3. The van der Waals surface area contributed by atoms with Crippen molar-refractivity contribution < 1.29 is 0 Å². The molecule has 2 nitrogen and oxygen atoms in total. The van der Waals surface area contributed by atoms with Crippen LogP contribution >= 0.6 is 0 Å². The van der Waals surface area contributed by atoms with Crippen LogP contribution in [0.25, 0.3) is 0 Å². The van der Waals surface area contributed by atoms with Crippen LogP contribution in [0.3, 0.4) is 0 Å². The maximum atomic E-state index is 4.06. The van der Waals surface area contributed by atoms with Gasteiger partial charge < -0.3 is 5.32 Å². The third-order valence-corrected chi connectivity index (χ3v) is 3.82. The number of hydrogen-bond donors (Lipinski definition) is 1. The molecule has 19 heavy (non-hydrogen) atoms. The van der Waals surface area contributed by atoms with Crippen molar-refractivity contribution in [1.82, 2.24) is 10.3 Å². The van der Waals surface area contributed by atoms with Crippen LogP contribution in [0.5, 0.6) is 0 Å². The first-order chi connectivity index (χ1) is 9.33. The zero-order valence-corrected chi connectivity index (χ0v) is 11.3. The summed E-state index contributed by atoms with van der Waals surface area (Å²) in [5, 5.41) is 3.57. The van der Waals surface area contributed by atoms with Crippen molar-refractivity contribution in [2.24, 2.45) is 0 Å². The van der Waals surface area contributed by atoms with Crippen molar-refractivity contribution in [2.45, 2.75) is 38.3 Å². The molecule has 1 atom stereocenters. The average Bonchev–Trinajstić information content (AvgIpc) is 3.31. The number of rotatable bonds is 5. The lowest BCUT2D eigenvalue weighted by Gasteiger charge is -2.14. The van der Waals surface area contributed by atoms with E-state index in [1.165, 1.54) is 29.5 Å². The summed E-state index contributed by atoms with van der Waals surface area (Å²) in [5.41, 5.74) is 4.18. The highest BCUT2D eigenvalue weighted by Gasteiger charge is 2.23. The van der Waals surface area contributed by atoms with Gasteiger partial charge in [-0.15, -0.1) is 0 Å². The maximum Gasteiger partial charge on any atom is 0.0296 e. The first-order valence-corrected chi connectivity index (χ1v) is 7.05. The molecule has 0 spiro atoms. The Labute approximate surface area is 114 Å². The van der Waals surface area contributed by atoms with Gasteiger partial charge in [0.05, 0.1) is 0 Å². The molecule has 2 aromatic rings. The minimum atomic E-state index is 0.354. The van der Waals surface area contributed by atoms with E-state index in [0.29, 0.717) is 6.04 Å². The summed E-state index contributed by atoms with van der Waals surface area (Å²) in [4.78, 5) is 4.06. The molecule has 2 heteroatoms. The van der Waals surface area contributed by atoms with Gasteiger partial charge >= 0.3 is 0 Å². The Morgan fingerprint density at radius 2 is 2.00 bits per heavy atom. The third kappa shape index (κ3) is 3.21. The van der Waals surface area contributed by atoms with Crippen LogP contribution in [-0.4, -0.2) is 4.98 Å². The first-order valence-electron chi connectivity index (χ1n) is 7.05. The van der Waals surface area contributed by atoms with E-state index < -0.39 is 0 Å². The van der Waals surface area contributed by atoms with E-state index in [0.717, 1.165) is 12.5 Å². The quantitative estimate of drug-likeness (QED) is 0.875. The van der Waals surface area contributed by atoms with Gasteiger partial charge in [-0.1, -0.05) is 24.3 Å². The molecular formula is C17H20N2. The van der Waals surface area contributed by atoms with E-state index in [-0.39, 0.29) is 0 Å². The number of pyridine rings is 1. The number of benzene rings is 1. The molecule has 1 saturated carbocycles. The fourth-order valence-electron chi connectivity index (χ4n) is 2.41. The molecule has 0 saturated heterocycles. The second-order valence-corrected chi connectivity index (χ2v) is 5.40. The van der Waals surface area contributed by atoms with Gasteiger partial charge in [-0.2, -0.15) is 0 Å². The van der Waals surface area contributed by atoms with Gasteiger partial charge in [-0.05, 0) is 54.5 Å². The molecular weight excluding hydrogens is 232 g/mol. The Morgan fingerprint density at radius 1 is 1.21 bits per heavy atom. The van der Waals surface area contributed by atoms with E-state index in [1.807, 2.05) is 12.4 Å². The molecule has 3 rings (SSSR count). The standard InChI is InChI=1S/C17H20N2/c1-13(15-7-9-18-10-8-15)19-12-14-3-2-4-17(11-14)16-5-6-16/h2-4,7-11,13,16,19H,5-6,12H2,1H3/t13-/m1/s1. The van der Waals surface area contributed by atoms with Gasteiger partial charge in [-0.25, -0.2) is 0 Å². The number of aromatic nitrogens is 1. The zero-order chi connectivity index (χ0) is 13.1. The largest absolute Gasteiger partial charge is 0.306 e. The summed E-state index contributed by atoms with van der Waals surface area (Å²) in [6, 6.07) is 13.5. The summed E-state index contributed by atoms with van der Waals surface area (Å²) < 4.78 is 0. The predicted octanol–water partition coefficient (Wildman–Crippen LogP) is 3.81. The van der Waals surface area contributed by atoms with Crippen molar-refractivity contribution in [3.8, 4) is 0 Å². The lowest BCUT2D eigenvalue weighted by atomic mass is 10.1. The Morgan fingerprint density at radius 3 is 2.74 bits per heavy atom. The number of nitrogens with zero attached hydrogens (tertiary/aromatic N) is 1. The molecule has 1 aliphatic carbocycles. The van der Waals surface area contributed by atoms with Crippen LogP contribution in [0, 0.1) is 0 Å². The molecule has 1 aromatic carbocycles.